The molecule has 0 saturated heterocycles. The highest BCUT2D eigenvalue weighted by molar-refractivity contribution is 7.10. The lowest BCUT2D eigenvalue weighted by Crippen LogP contribution is -2.07. The number of thiazole rings is 1. The first-order valence-electron chi connectivity index (χ1n) is 5.50. The Morgan fingerprint density at radius 1 is 1.33 bits per heavy atom. The summed E-state index contributed by atoms with van der Waals surface area (Å²) in [4.78, 5) is 6.19. The Morgan fingerprint density at radius 3 is 2.56 bits per heavy atom. The van der Waals surface area contributed by atoms with Gasteiger partial charge in [-0.15, -0.1) is 11.3 Å². The lowest BCUT2D eigenvalue weighted by atomic mass is 10.1. The Morgan fingerprint density at radius 2 is 2.06 bits per heavy atom. The number of nitrogens with zero attached hydrogens (tertiary/aromatic N) is 3. The van der Waals surface area contributed by atoms with Gasteiger partial charge in [0.05, 0.1) is 5.57 Å². The van der Waals surface area contributed by atoms with Crippen molar-refractivity contribution in [3.05, 3.63) is 46.4 Å². The van der Waals surface area contributed by atoms with Crippen molar-refractivity contribution in [3.8, 4) is 6.07 Å². The first-order valence-corrected chi connectivity index (χ1v) is 6.37. The van der Waals surface area contributed by atoms with Gasteiger partial charge in [0.25, 0.3) is 0 Å². The van der Waals surface area contributed by atoms with Gasteiger partial charge in [-0.25, -0.2) is 4.98 Å². The summed E-state index contributed by atoms with van der Waals surface area (Å²) in [7, 11) is 4.00. The van der Waals surface area contributed by atoms with Gasteiger partial charge < -0.3 is 4.90 Å². The predicted octanol–water partition coefficient (Wildman–Crippen LogP) is 3.27. The second-order valence-corrected chi connectivity index (χ2v) is 4.89. The topological polar surface area (TPSA) is 39.9 Å². The molecule has 0 bridgehead atoms. The van der Waals surface area contributed by atoms with Crippen LogP contribution in [-0.4, -0.2) is 19.1 Å². The molecule has 90 valence electrons. The number of nitriles is 1. The second kappa shape index (κ2) is 5.48. The monoisotopic (exact) mass is 255 g/mol. The number of anilines is 1. The Bertz CT molecular complexity index is 575. The van der Waals surface area contributed by atoms with Crippen LogP contribution in [0.25, 0.3) is 11.6 Å². The third-order valence-electron chi connectivity index (χ3n) is 2.50. The molecule has 1 heterocycles. The third-order valence-corrected chi connectivity index (χ3v) is 3.31. The SMILES string of the molecule is CN(C)c1ccc(/C=C(\C#N)c2nccs2)cc1. The average molecular weight is 255 g/mol. The van der Waals surface area contributed by atoms with Crippen LogP contribution in [0.5, 0.6) is 0 Å². The zero-order valence-electron chi connectivity index (χ0n) is 10.3. The van der Waals surface area contributed by atoms with Crippen molar-refractivity contribution in [1.82, 2.24) is 4.98 Å². The molecule has 2 rings (SSSR count). The fourth-order valence-corrected chi connectivity index (χ4v) is 2.14. The van der Waals surface area contributed by atoms with Crippen molar-refractivity contribution >= 4 is 28.7 Å². The van der Waals surface area contributed by atoms with E-state index in [0.717, 1.165) is 16.3 Å². The van der Waals surface area contributed by atoms with Gasteiger partial charge in [-0.1, -0.05) is 12.1 Å². The van der Waals surface area contributed by atoms with Crippen LogP contribution in [0.1, 0.15) is 10.6 Å². The van der Waals surface area contributed by atoms with Crippen LogP contribution in [0, 0.1) is 11.3 Å². The molecule has 18 heavy (non-hydrogen) atoms. The zero-order valence-corrected chi connectivity index (χ0v) is 11.1. The molecule has 0 unspecified atom stereocenters. The van der Waals surface area contributed by atoms with E-state index < -0.39 is 0 Å². The first kappa shape index (κ1) is 12.3. The summed E-state index contributed by atoms with van der Waals surface area (Å²) in [5.41, 5.74) is 2.75. The molecule has 0 atom stereocenters. The van der Waals surface area contributed by atoms with Crippen LogP contribution in [0.15, 0.2) is 35.8 Å². The van der Waals surface area contributed by atoms with Crippen molar-refractivity contribution in [2.45, 2.75) is 0 Å². The van der Waals surface area contributed by atoms with E-state index in [1.54, 1.807) is 6.20 Å². The van der Waals surface area contributed by atoms with Gasteiger partial charge in [0.15, 0.2) is 0 Å². The highest BCUT2D eigenvalue weighted by Crippen LogP contribution is 2.21. The quantitative estimate of drug-likeness (QED) is 0.790. The minimum absolute atomic E-state index is 0.600. The minimum atomic E-state index is 0.600. The summed E-state index contributed by atoms with van der Waals surface area (Å²) in [6.45, 7) is 0. The van der Waals surface area contributed by atoms with Crippen LogP contribution in [0.4, 0.5) is 5.69 Å². The van der Waals surface area contributed by atoms with E-state index in [4.69, 9.17) is 5.26 Å². The van der Waals surface area contributed by atoms with Crippen molar-refractivity contribution < 1.29 is 0 Å². The van der Waals surface area contributed by atoms with Crippen LogP contribution in [-0.2, 0) is 0 Å². The normalized spacial score (nSPS) is 11.1. The molecule has 1 aromatic heterocycles. The molecule has 0 amide bonds. The van der Waals surface area contributed by atoms with E-state index in [-0.39, 0.29) is 0 Å². The highest BCUT2D eigenvalue weighted by Gasteiger charge is 2.03. The van der Waals surface area contributed by atoms with Crippen molar-refractivity contribution in [2.24, 2.45) is 0 Å². The third kappa shape index (κ3) is 2.76. The molecule has 0 saturated carbocycles. The Kier molecular flexibility index (Phi) is 3.75. The van der Waals surface area contributed by atoms with Crippen LogP contribution < -0.4 is 4.90 Å². The molecule has 4 heteroatoms. The lowest BCUT2D eigenvalue weighted by Gasteiger charge is -2.11. The molecule has 0 aliphatic heterocycles. The van der Waals surface area contributed by atoms with E-state index in [2.05, 4.69) is 11.1 Å². The fraction of sp³-hybridized carbons (Fsp3) is 0.143. The summed E-state index contributed by atoms with van der Waals surface area (Å²) in [6.07, 6.45) is 3.57. The molecule has 2 aromatic rings. The molecule has 1 aromatic carbocycles. The van der Waals surface area contributed by atoms with Gasteiger partial charge in [0, 0.05) is 31.4 Å². The highest BCUT2D eigenvalue weighted by atomic mass is 32.1. The molecule has 0 aliphatic carbocycles. The first-order chi connectivity index (χ1) is 8.70. The van der Waals surface area contributed by atoms with Crippen LogP contribution in [0.2, 0.25) is 0 Å². The summed E-state index contributed by atoms with van der Waals surface area (Å²) >= 11 is 1.47. The molecule has 0 fully saturated rings. The standard InChI is InChI=1S/C14H13N3S/c1-17(2)13-5-3-11(4-6-13)9-12(10-15)14-16-7-8-18-14/h3-9H,1-2H3/b12-9+. The molecule has 0 radical (unpaired) electrons. The van der Waals surface area contributed by atoms with Crippen LogP contribution >= 0.6 is 11.3 Å². The minimum Gasteiger partial charge on any atom is -0.378 e. The number of hydrogen-bond donors (Lipinski definition) is 0. The van der Waals surface area contributed by atoms with Gasteiger partial charge in [0.1, 0.15) is 11.1 Å². The largest absolute Gasteiger partial charge is 0.378 e. The summed E-state index contributed by atoms with van der Waals surface area (Å²) < 4.78 is 0. The lowest BCUT2D eigenvalue weighted by molar-refractivity contribution is 1.13. The van der Waals surface area contributed by atoms with E-state index in [1.165, 1.54) is 11.3 Å². The molecular formula is C14H13N3S. The second-order valence-electron chi connectivity index (χ2n) is 3.99. The molecular weight excluding hydrogens is 242 g/mol. The number of allylic oxidation sites excluding steroid dienone is 1. The van der Waals surface area contributed by atoms with Gasteiger partial charge in [-0.3, -0.25) is 0 Å². The van der Waals surface area contributed by atoms with E-state index in [0.29, 0.717) is 5.57 Å². The van der Waals surface area contributed by atoms with E-state index >= 15 is 0 Å². The summed E-state index contributed by atoms with van der Waals surface area (Å²) in [6, 6.07) is 10.3. The van der Waals surface area contributed by atoms with Crippen molar-refractivity contribution in [1.29, 1.82) is 5.26 Å². The van der Waals surface area contributed by atoms with E-state index in [9.17, 15) is 0 Å². The molecule has 0 spiro atoms. The smallest absolute Gasteiger partial charge is 0.133 e. The maximum absolute atomic E-state index is 9.14. The Hall–Kier alpha value is -2.12. The van der Waals surface area contributed by atoms with Gasteiger partial charge in [-0.05, 0) is 23.8 Å². The van der Waals surface area contributed by atoms with Gasteiger partial charge in [-0.2, -0.15) is 5.26 Å². The number of benzene rings is 1. The maximum Gasteiger partial charge on any atom is 0.133 e. The van der Waals surface area contributed by atoms with E-state index in [1.807, 2.05) is 54.7 Å². The zero-order chi connectivity index (χ0) is 13.0. The molecule has 0 aliphatic rings. The Labute approximate surface area is 111 Å². The summed E-state index contributed by atoms with van der Waals surface area (Å²) in [5, 5.41) is 11.8. The molecule has 0 N–H and O–H groups in total. The maximum atomic E-state index is 9.14. The Balaban J connectivity index is 2.29. The molecule has 3 nitrogen and oxygen atoms in total. The van der Waals surface area contributed by atoms with Gasteiger partial charge >= 0.3 is 0 Å². The van der Waals surface area contributed by atoms with Crippen molar-refractivity contribution in [3.63, 3.8) is 0 Å². The van der Waals surface area contributed by atoms with Crippen LogP contribution in [0.3, 0.4) is 0 Å². The summed E-state index contributed by atoms with van der Waals surface area (Å²) in [5.74, 6) is 0. The average Bonchev–Trinajstić information content (AvgIpc) is 2.90. The van der Waals surface area contributed by atoms with Crippen molar-refractivity contribution in [2.75, 3.05) is 19.0 Å². The number of hydrogen-bond acceptors (Lipinski definition) is 4. The number of aromatic nitrogens is 1. The number of rotatable bonds is 3. The fourth-order valence-electron chi connectivity index (χ4n) is 1.53. The van der Waals surface area contributed by atoms with Gasteiger partial charge in [0.2, 0.25) is 0 Å². The predicted molar refractivity (Wildman–Crippen MR) is 76.4 cm³/mol.